The Labute approximate surface area is 195 Å². The van der Waals surface area contributed by atoms with Crippen LogP contribution in [0.15, 0.2) is 81.7 Å². The molecule has 0 aliphatic carbocycles. The van der Waals surface area contributed by atoms with Crippen molar-refractivity contribution in [3.8, 4) is 5.75 Å². The summed E-state index contributed by atoms with van der Waals surface area (Å²) in [7, 11) is 1.59. The number of hydrogen-bond donors (Lipinski definition) is 0. The first-order valence-corrected chi connectivity index (χ1v) is 11.4. The monoisotopic (exact) mass is 460 g/mol. The molecule has 1 atom stereocenters. The number of allylic oxidation sites excluding steroid dienone is 2. The molecule has 1 aliphatic heterocycles. The molecule has 2 heterocycles. The van der Waals surface area contributed by atoms with E-state index < -0.39 is 12.0 Å². The van der Waals surface area contributed by atoms with E-state index in [4.69, 9.17) is 9.47 Å². The molecule has 0 N–H and O–H groups in total. The molecule has 0 spiro atoms. The molecule has 33 heavy (non-hydrogen) atoms. The molecule has 3 aromatic rings. The summed E-state index contributed by atoms with van der Waals surface area (Å²) < 4.78 is 12.8. The van der Waals surface area contributed by atoms with E-state index in [0.717, 1.165) is 11.1 Å². The number of ether oxygens (including phenoxy) is 2. The summed E-state index contributed by atoms with van der Waals surface area (Å²) in [5, 5.41) is 0. The standard InChI is InChI=1S/C26H24N2O4S/c1-4-32-25(30)23-17(2)27-26-28(20(23)15-14-18-10-6-5-7-11-18)24(29)22(33-26)16-19-12-8-9-13-21(19)31-3/h5-16,20H,4H2,1-3H3/b15-14-,22-16+/t20-/m1/s1. The van der Waals surface area contributed by atoms with Gasteiger partial charge in [-0.3, -0.25) is 9.36 Å². The third kappa shape index (κ3) is 4.59. The number of fused-ring (bicyclic) bond motifs is 1. The first kappa shape index (κ1) is 22.5. The van der Waals surface area contributed by atoms with Crippen molar-refractivity contribution in [1.29, 1.82) is 0 Å². The first-order chi connectivity index (χ1) is 16.0. The van der Waals surface area contributed by atoms with Crippen LogP contribution in [0, 0.1) is 0 Å². The van der Waals surface area contributed by atoms with Crippen LogP contribution < -0.4 is 19.6 Å². The Balaban J connectivity index is 1.89. The second-order valence-electron chi connectivity index (χ2n) is 7.36. The minimum absolute atomic E-state index is 0.221. The van der Waals surface area contributed by atoms with Crippen LogP contribution in [0.1, 0.15) is 31.0 Å². The van der Waals surface area contributed by atoms with Crippen molar-refractivity contribution in [2.75, 3.05) is 13.7 Å². The Morgan fingerprint density at radius 1 is 1.15 bits per heavy atom. The quantitative estimate of drug-likeness (QED) is 0.528. The molecule has 1 aromatic heterocycles. The van der Waals surface area contributed by atoms with Gasteiger partial charge >= 0.3 is 5.97 Å². The Morgan fingerprint density at radius 3 is 2.61 bits per heavy atom. The summed E-state index contributed by atoms with van der Waals surface area (Å²) in [5.74, 6) is 0.202. The summed E-state index contributed by atoms with van der Waals surface area (Å²) in [6, 6.07) is 16.6. The zero-order valence-electron chi connectivity index (χ0n) is 18.6. The zero-order valence-corrected chi connectivity index (χ0v) is 19.5. The van der Waals surface area contributed by atoms with Gasteiger partial charge in [-0.25, -0.2) is 9.79 Å². The molecule has 7 heteroatoms. The molecule has 0 radical (unpaired) electrons. The fourth-order valence-corrected chi connectivity index (χ4v) is 4.76. The number of carbonyl (C=O) groups excluding carboxylic acids is 1. The van der Waals surface area contributed by atoms with E-state index >= 15 is 0 Å². The van der Waals surface area contributed by atoms with Crippen LogP contribution in [0.4, 0.5) is 0 Å². The van der Waals surface area contributed by atoms with Gasteiger partial charge in [0.2, 0.25) is 0 Å². The fraction of sp³-hybridized carbons (Fsp3) is 0.192. The number of para-hydroxylation sites is 1. The third-order valence-electron chi connectivity index (χ3n) is 5.26. The Kier molecular flexibility index (Phi) is 6.70. The smallest absolute Gasteiger partial charge is 0.338 e. The molecular formula is C26H24N2O4S. The van der Waals surface area contributed by atoms with E-state index in [9.17, 15) is 9.59 Å². The maximum atomic E-state index is 13.5. The van der Waals surface area contributed by atoms with Crippen LogP contribution in [0.5, 0.6) is 5.75 Å². The molecule has 0 saturated carbocycles. The SMILES string of the molecule is CCOC(=O)C1=C(C)N=c2s/c(=C/c3ccccc3OC)c(=O)n2[C@@H]1/C=C\c1ccccc1. The summed E-state index contributed by atoms with van der Waals surface area (Å²) in [5.41, 5.74) is 2.44. The van der Waals surface area contributed by atoms with Crippen LogP contribution >= 0.6 is 11.3 Å². The minimum atomic E-state index is -0.625. The van der Waals surface area contributed by atoms with Crippen LogP contribution in [0.25, 0.3) is 12.2 Å². The van der Waals surface area contributed by atoms with E-state index in [-0.39, 0.29) is 12.2 Å². The molecule has 0 saturated heterocycles. The van der Waals surface area contributed by atoms with Crippen molar-refractivity contribution in [3.63, 3.8) is 0 Å². The van der Waals surface area contributed by atoms with Crippen molar-refractivity contribution >= 4 is 29.5 Å². The lowest BCUT2D eigenvalue weighted by Crippen LogP contribution is -2.38. The average Bonchev–Trinajstić information content (AvgIpc) is 3.12. The molecule has 6 nitrogen and oxygen atoms in total. The molecule has 0 unspecified atom stereocenters. The number of nitrogens with zero attached hydrogens (tertiary/aromatic N) is 2. The van der Waals surface area contributed by atoms with Crippen molar-refractivity contribution < 1.29 is 14.3 Å². The fourth-order valence-electron chi connectivity index (χ4n) is 3.71. The van der Waals surface area contributed by atoms with Gasteiger partial charge in [0.15, 0.2) is 4.80 Å². The number of hydrogen-bond acceptors (Lipinski definition) is 6. The number of aromatic nitrogens is 1. The maximum absolute atomic E-state index is 13.5. The van der Waals surface area contributed by atoms with Crippen molar-refractivity contribution in [2.45, 2.75) is 19.9 Å². The summed E-state index contributed by atoms with van der Waals surface area (Å²) in [6.07, 6.45) is 5.55. The molecule has 0 bridgehead atoms. The summed E-state index contributed by atoms with van der Waals surface area (Å²) in [6.45, 7) is 3.76. The topological polar surface area (TPSA) is 69.9 Å². The second kappa shape index (κ2) is 9.83. The lowest BCUT2D eigenvalue weighted by molar-refractivity contribution is -0.139. The summed E-state index contributed by atoms with van der Waals surface area (Å²) in [4.78, 5) is 31.4. The highest BCUT2D eigenvalue weighted by Crippen LogP contribution is 2.26. The second-order valence-corrected chi connectivity index (χ2v) is 8.37. The lowest BCUT2D eigenvalue weighted by Gasteiger charge is -2.21. The molecule has 4 rings (SSSR count). The average molecular weight is 461 g/mol. The number of carbonyl (C=O) groups is 1. The number of benzene rings is 2. The summed E-state index contributed by atoms with van der Waals surface area (Å²) >= 11 is 1.28. The molecule has 1 aliphatic rings. The Bertz CT molecular complexity index is 1410. The van der Waals surface area contributed by atoms with Gasteiger partial charge in [-0.15, -0.1) is 0 Å². The van der Waals surface area contributed by atoms with Gasteiger partial charge in [0.1, 0.15) is 5.75 Å². The van der Waals surface area contributed by atoms with Crippen LogP contribution in [-0.2, 0) is 9.53 Å². The van der Waals surface area contributed by atoms with E-state index in [1.807, 2.05) is 66.7 Å². The van der Waals surface area contributed by atoms with Gasteiger partial charge in [0, 0.05) is 5.56 Å². The minimum Gasteiger partial charge on any atom is -0.496 e. The normalized spacial score (nSPS) is 16.0. The first-order valence-electron chi connectivity index (χ1n) is 10.6. The highest BCUT2D eigenvalue weighted by Gasteiger charge is 2.30. The maximum Gasteiger partial charge on any atom is 0.338 e. The molecular weight excluding hydrogens is 436 g/mol. The molecule has 168 valence electrons. The number of methoxy groups -OCH3 is 1. The number of thiazole rings is 1. The van der Waals surface area contributed by atoms with E-state index in [1.165, 1.54) is 11.3 Å². The third-order valence-corrected chi connectivity index (χ3v) is 6.24. The van der Waals surface area contributed by atoms with Crippen molar-refractivity contribution in [2.24, 2.45) is 4.99 Å². The predicted molar refractivity (Wildman–Crippen MR) is 130 cm³/mol. The van der Waals surface area contributed by atoms with Crippen LogP contribution in [0.2, 0.25) is 0 Å². The zero-order chi connectivity index (χ0) is 23.4. The predicted octanol–water partition coefficient (Wildman–Crippen LogP) is 3.47. The lowest BCUT2D eigenvalue weighted by atomic mass is 10.0. The van der Waals surface area contributed by atoms with Crippen LogP contribution in [0.3, 0.4) is 0 Å². The molecule has 2 aromatic carbocycles. The number of rotatable bonds is 6. The number of esters is 1. The van der Waals surface area contributed by atoms with Gasteiger partial charge < -0.3 is 9.47 Å². The van der Waals surface area contributed by atoms with Crippen LogP contribution in [-0.4, -0.2) is 24.3 Å². The van der Waals surface area contributed by atoms with E-state index in [0.29, 0.717) is 26.4 Å². The van der Waals surface area contributed by atoms with Gasteiger partial charge in [0.25, 0.3) is 5.56 Å². The van der Waals surface area contributed by atoms with E-state index in [2.05, 4.69) is 4.99 Å². The Hall–Kier alpha value is -3.71. The highest BCUT2D eigenvalue weighted by atomic mass is 32.1. The largest absolute Gasteiger partial charge is 0.496 e. The van der Waals surface area contributed by atoms with Gasteiger partial charge in [0.05, 0.1) is 35.6 Å². The molecule has 0 amide bonds. The van der Waals surface area contributed by atoms with Crippen molar-refractivity contribution in [1.82, 2.24) is 4.57 Å². The van der Waals surface area contributed by atoms with Crippen molar-refractivity contribution in [3.05, 3.63) is 103 Å². The van der Waals surface area contributed by atoms with Gasteiger partial charge in [-0.1, -0.05) is 72.0 Å². The van der Waals surface area contributed by atoms with Gasteiger partial charge in [-0.2, -0.15) is 0 Å². The highest BCUT2D eigenvalue weighted by molar-refractivity contribution is 7.07. The molecule has 0 fully saturated rings. The van der Waals surface area contributed by atoms with E-state index in [1.54, 1.807) is 31.6 Å². The van der Waals surface area contributed by atoms with Gasteiger partial charge in [-0.05, 0) is 31.6 Å². The Morgan fingerprint density at radius 2 is 1.88 bits per heavy atom.